The van der Waals surface area contributed by atoms with Crippen LogP contribution in [0.4, 0.5) is 0 Å². The van der Waals surface area contributed by atoms with Crippen molar-refractivity contribution in [3.8, 4) is 17.2 Å². The fourth-order valence-electron chi connectivity index (χ4n) is 3.19. The lowest BCUT2D eigenvalue weighted by atomic mass is 10.0. The average Bonchev–Trinajstić information content (AvgIpc) is 3.51. The fraction of sp³-hybridized carbons (Fsp3) is 0.0476. The van der Waals surface area contributed by atoms with Crippen molar-refractivity contribution >= 4 is 5.90 Å². The van der Waals surface area contributed by atoms with Crippen LogP contribution in [-0.4, -0.2) is 26.0 Å². The molecule has 1 atom stereocenters. The average molecular weight is 395 g/mol. The molecule has 9 nitrogen and oxygen atoms in total. The number of aromatic nitrogens is 4. The largest absolute Gasteiger partial charge is 0.385 e. The van der Waals surface area contributed by atoms with E-state index in [-0.39, 0.29) is 11.7 Å². The van der Waals surface area contributed by atoms with E-state index in [9.17, 15) is 5.26 Å². The molecule has 0 radical (unpaired) electrons. The van der Waals surface area contributed by atoms with Crippen molar-refractivity contribution < 1.29 is 9.36 Å². The van der Waals surface area contributed by atoms with E-state index in [2.05, 4.69) is 31.7 Å². The highest BCUT2D eigenvalue weighted by atomic mass is 16.7. The summed E-state index contributed by atoms with van der Waals surface area (Å²) in [4.78, 5) is 23.1. The second-order valence-electron chi connectivity index (χ2n) is 6.45. The van der Waals surface area contributed by atoms with Crippen LogP contribution in [0.5, 0.6) is 0 Å². The number of benzene rings is 1. The minimum absolute atomic E-state index is 0.250. The first-order chi connectivity index (χ1) is 14.8. The summed E-state index contributed by atoms with van der Waals surface area (Å²) in [6.45, 7) is 0. The number of hydrogen-bond acceptors (Lipinski definition) is 9. The summed E-state index contributed by atoms with van der Waals surface area (Å²) >= 11 is 0. The Labute approximate surface area is 170 Å². The topological polar surface area (TPSA) is 122 Å². The molecule has 4 aromatic rings. The van der Waals surface area contributed by atoms with Gasteiger partial charge in [0.1, 0.15) is 0 Å². The van der Waals surface area contributed by atoms with Gasteiger partial charge in [-0.1, -0.05) is 17.3 Å². The van der Waals surface area contributed by atoms with E-state index in [1.807, 2.05) is 24.3 Å². The zero-order chi connectivity index (χ0) is 20.4. The number of hydrogen-bond donors (Lipinski definition) is 1. The number of aliphatic imine (C=N–C) groups is 1. The fourth-order valence-corrected chi connectivity index (χ4v) is 3.19. The number of hydroxylamine groups is 1. The van der Waals surface area contributed by atoms with Crippen LogP contribution in [-0.2, 0) is 10.5 Å². The summed E-state index contributed by atoms with van der Waals surface area (Å²) < 4.78 is 4.92. The molecule has 1 aliphatic rings. The molecule has 0 amide bonds. The second kappa shape index (κ2) is 7.20. The molecule has 0 fully saturated rings. The van der Waals surface area contributed by atoms with Gasteiger partial charge < -0.3 is 9.36 Å². The van der Waals surface area contributed by atoms with Gasteiger partial charge in [-0.2, -0.15) is 10.2 Å². The van der Waals surface area contributed by atoms with E-state index in [0.29, 0.717) is 16.8 Å². The van der Waals surface area contributed by atoms with Crippen LogP contribution in [0.2, 0.25) is 0 Å². The van der Waals surface area contributed by atoms with Crippen LogP contribution in [0.3, 0.4) is 0 Å². The van der Waals surface area contributed by atoms with Crippen LogP contribution in [0.25, 0.3) is 11.1 Å². The summed E-state index contributed by atoms with van der Waals surface area (Å²) in [5, 5.41) is 13.4. The summed E-state index contributed by atoms with van der Waals surface area (Å²) in [5.41, 5.74) is 4.91. The lowest BCUT2D eigenvalue weighted by molar-refractivity contribution is 0.131. The van der Waals surface area contributed by atoms with Crippen molar-refractivity contribution in [2.75, 3.05) is 0 Å². The SMILES string of the molecule is N#Cc1cc(C2=NC(c3ccccn3)(c3ncon3)NO2)cc(-c2cccnc2)c1. The Morgan fingerprint density at radius 1 is 0.967 bits per heavy atom. The van der Waals surface area contributed by atoms with Crippen molar-refractivity contribution in [2.24, 2.45) is 4.99 Å². The molecule has 0 spiro atoms. The second-order valence-corrected chi connectivity index (χ2v) is 6.45. The van der Waals surface area contributed by atoms with Crippen LogP contribution < -0.4 is 5.48 Å². The van der Waals surface area contributed by atoms with Gasteiger partial charge in [0.25, 0.3) is 5.66 Å². The van der Waals surface area contributed by atoms with Gasteiger partial charge in [0.05, 0.1) is 17.3 Å². The molecule has 9 heteroatoms. The number of rotatable bonds is 4. The summed E-state index contributed by atoms with van der Waals surface area (Å²) in [6, 6.07) is 16.7. The molecule has 0 saturated carbocycles. The predicted octanol–water partition coefficient (Wildman–Crippen LogP) is 2.58. The van der Waals surface area contributed by atoms with Gasteiger partial charge in [-0.3, -0.25) is 9.97 Å². The molecule has 0 aliphatic carbocycles. The third-order valence-corrected chi connectivity index (χ3v) is 4.59. The standard InChI is InChI=1S/C21H13N7O2/c22-11-14-8-16(15-4-3-6-23-12-15)10-17(9-14)19-26-21(28-30-19,20-25-13-29-27-20)18-5-1-2-7-24-18/h1-10,12-13,28H. The lowest BCUT2D eigenvalue weighted by Gasteiger charge is -2.19. The Morgan fingerprint density at radius 3 is 2.63 bits per heavy atom. The molecule has 0 bridgehead atoms. The molecule has 144 valence electrons. The molecule has 4 heterocycles. The van der Waals surface area contributed by atoms with Gasteiger partial charge >= 0.3 is 0 Å². The van der Waals surface area contributed by atoms with Crippen LogP contribution in [0.1, 0.15) is 22.6 Å². The monoisotopic (exact) mass is 395 g/mol. The molecule has 3 aromatic heterocycles. The minimum Gasteiger partial charge on any atom is -0.385 e. The van der Waals surface area contributed by atoms with E-state index < -0.39 is 5.66 Å². The van der Waals surface area contributed by atoms with Crippen molar-refractivity contribution in [2.45, 2.75) is 5.66 Å². The van der Waals surface area contributed by atoms with Crippen LogP contribution >= 0.6 is 0 Å². The lowest BCUT2D eigenvalue weighted by Crippen LogP contribution is -2.39. The summed E-state index contributed by atoms with van der Waals surface area (Å²) in [6.07, 6.45) is 6.28. The molecular weight excluding hydrogens is 382 g/mol. The van der Waals surface area contributed by atoms with E-state index in [0.717, 1.165) is 11.1 Å². The Hall–Kier alpha value is -4.42. The van der Waals surface area contributed by atoms with Crippen LogP contribution in [0, 0.1) is 11.3 Å². The first kappa shape index (κ1) is 17.7. The summed E-state index contributed by atoms with van der Waals surface area (Å²) in [5.74, 6) is 0.521. The number of nitriles is 1. The van der Waals surface area contributed by atoms with E-state index in [1.54, 1.807) is 42.9 Å². The molecule has 1 unspecified atom stereocenters. The maximum atomic E-state index is 9.50. The van der Waals surface area contributed by atoms with Crippen molar-refractivity contribution in [1.29, 1.82) is 5.26 Å². The molecule has 5 rings (SSSR count). The maximum Gasteiger partial charge on any atom is 0.251 e. The zero-order valence-electron chi connectivity index (χ0n) is 15.4. The van der Waals surface area contributed by atoms with Gasteiger partial charge in [-0.25, -0.2) is 4.99 Å². The third kappa shape index (κ3) is 2.97. The maximum absolute atomic E-state index is 9.50. The molecular formula is C21H13N7O2. The Bertz CT molecular complexity index is 1250. The molecule has 30 heavy (non-hydrogen) atoms. The number of nitrogens with zero attached hydrogens (tertiary/aromatic N) is 6. The first-order valence-corrected chi connectivity index (χ1v) is 8.97. The van der Waals surface area contributed by atoms with Gasteiger partial charge in [0.2, 0.25) is 18.1 Å². The summed E-state index contributed by atoms with van der Waals surface area (Å²) in [7, 11) is 0. The Kier molecular flexibility index (Phi) is 4.24. The molecule has 1 aliphatic heterocycles. The van der Waals surface area contributed by atoms with Crippen molar-refractivity contribution in [1.82, 2.24) is 25.6 Å². The first-order valence-electron chi connectivity index (χ1n) is 8.97. The molecule has 1 N–H and O–H groups in total. The number of nitrogens with one attached hydrogen (secondary N) is 1. The van der Waals surface area contributed by atoms with Gasteiger partial charge in [0.15, 0.2) is 0 Å². The molecule has 1 aromatic carbocycles. The zero-order valence-corrected chi connectivity index (χ0v) is 15.4. The highest BCUT2D eigenvalue weighted by Gasteiger charge is 2.46. The Morgan fingerprint density at radius 2 is 1.90 bits per heavy atom. The smallest absolute Gasteiger partial charge is 0.251 e. The van der Waals surface area contributed by atoms with Gasteiger partial charge in [-0.05, 0) is 42.0 Å². The highest BCUT2D eigenvalue weighted by molar-refractivity contribution is 5.97. The third-order valence-electron chi connectivity index (χ3n) is 4.59. The minimum atomic E-state index is -1.28. The van der Waals surface area contributed by atoms with Crippen molar-refractivity contribution in [3.05, 3.63) is 96.2 Å². The predicted molar refractivity (Wildman–Crippen MR) is 104 cm³/mol. The normalized spacial score (nSPS) is 17.8. The van der Waals surface area contributed by atoms with E-state index in [1.165, 1.54) is 6.39 Å². The van der Waals surface area contributed by atoms with E-state index >= 15 is 0 Å². The molecule has 0 saturated heterocycles. The van der Waals surface area contributed by atoms with Crippen molar-refractivity contribution in [3.63, 3.8) is 0 Å². The quantitative estimate of drug-likeness (QED) is 0.559. The number of pyridine rings is 2. The van der Waals surface area contributed by atoms with E-state index in [4.69, 9.17) is 14.4 Å². The van der Waals surface area contributed by atoms with Gasteiger partial charge in [-0.15, -0.1) is 5.48 Å². The van der Waals surface area contributed by atoms with Gasteiger partial charge in [0, 0.05) is 29.7 Å². The van der Waals surface area contributed by atoms with Crippen LogP contribution in [0.15, 0.2) is 83.0 Å². The highest BCUT2D eigenvalue weighted by Crippen LogP contribution is 2.33. The Balaban J connectivity index is 1.65.